The Kier molecular flexibility index (Phi) is 4.94. The highest BCUT2D eigenvalue weighted by Crippen LogP contribution is 2.16. The van der Waals surface area contributed by atoms with Gasteiger partial charge in [0, 0.05) is 5.69 Å². The van der Waals surface area contributed by atoms with Crippen molar-refractivity contribution in [2.75, 3.05) is 17.7 Å². The molecule has 3 N–H and O–H groups in total. The number of rotatable bonds is 5. The molecular formula is C16H14FN3O2. The Morgan fingerprint density at radius 2 is 2.00 bits per heavy atom. The van der Waals surface area contributed by atoms with Crippen LogP contribution in [0.2, 0.25) is 0 Å². The van der Waals surface area contributed by atoms with Crippen LogP contribution in [0.25, 0.3) is 0 Å². The summed E-state index contributed by atoms with van der Waals surface area (Å²) in [6.07, 6.45) is 0.136. The maximum absolute atomic E-state index is 13.0. The summed E-state index contributed by atoms with van der Waals surface area (Å²) in [5.74, 6) is -0.209. The molecule has 112 valence electrons. The van der Waals surface area contributed by atoms with Crippen LogP contribution in [-0.2, 0) is 4.79 Å². The zero-order valence-electron chi connectivity index (χ0n) is 11.7. The minimum absolute atomic E-state index is 0.0216. The van der Waals surface area contributed by atoms with E-state index in [2.05, 4.69) is 5.32 Å². The van der Waals surface area contributed by atoms with Crippen molar-refractivity contribution in [3.05, 3.63) is 53.8 Å². The van der Waals surface area contributed by atoms with E-state index in [1.807, 2.05) is 6.07 Å². The average Bonchev–Trinajstić information content (AvgIpc) is 2.51. The summed E-state index contributed by atoms with van der Waals surface area (Å²) in [7, 11) is 0. The van der Waals surface area contributed by atoms with Crippen molar-refractivity contribution >= 4 is 17.3 Å². The van der Waals surface area contributed by atoms with Crippen molar-refractivity contribution in [2.24, 2.45) is 0 Å². The fraction of sp³-hybridized carbons (Fsp3) is 0.125. The van der Waals surface area contributed by atoms with Crippen LogP contribution >= 0.6 is 0 Å². The van der Waals surface area contributed by atoms with Crippen LogP contribution in [0.4, 0.5) is 15.8 Å². The van der Waals surface area contributed by atoms with E-state index in [-0.39, 0.29) is 24.6 Å². The second-order valence-corrected chi connectivity index (χ2v) is 4.52. The summed E-state index contributed by atoms with van der Waals surface area (Å²) >= 11 is 0. The topological polar surface area (TPSA) is 88.1 Å². The van der Waals surface area contributed by atoms with Gasteiger partial charge in [-0.3, -0.25) is 4.79 Å². The molecule has 0 unspecified atom stereocenters. The lowest BCUT2D eigenvalue weighted by Gasteiger charge is -2.08. The van der Waals surface area contributed by atoms with Gasteiger partial charge in [0.15, 0.2) is 0 Å². The zero-order valence-corrected chi connectivity index (χ0v) is 11.7. The molecule has 5 nitrogen and oxygen atoms in total. The van der Waals surface area contributed by atoms with Gasteiger partial charge in [0.25, 0.3) is 0 Å². The molecule has 2 rings (SSSR count). The van der Waals surface area contributed by atoms with Gasteiger partial charge in [0.1, 0.15) is 11.6 Å². The second-order valence-electron chi connectivity index (χ2n) is 4.52. The predicted octanol–water partition coefficient (Wildman–Crippen LogP) is 2.69. The number of hydrogen-bond acceptors (Lipinski definition) is 4. The van der Waals surface area contributed by atoms with Crippen LogP contribution < -0.4 is 15.8 Å². The van der Waals surface area contributed by atoms with Gasteiger partial charge in [-0.2, -0.15) is 5.26 Å². The van der Waals surface area contributed by atoms with Gasteiger partial charge >= 0.3 is 0 Å². The first-order chi connectivity index (χ1) is 10.6. The first-order valence-corrected chi connectivity index (χ1v) is 6.56. The Hall–Kier alpha value is -3.07. The van der Waals surface area contributed by atoms with Crippen LogP contribution in [0.5, 0.6) is 5.75 Å². The van der Waals surface area contributed by atoms with E-state index in [0.29, 0.717) is 17.0 Å². The lowest BCUT2D eigenvalue weighted by molar-refractivity contribution is -0.116. The number of amides is 1. The number of nitrogen functional groups attached to an aromatic ring is 1. The molecule has 6 heteroatoms. The molecule has 2 aromatic carbocycles. The van der Waals surface area contributed by atoms with E-state index in [4.69, 9.17) is 15.7 Å². The van der Waals surface area contributed by atoms with Gasteiger partial charge in [-0.25, -0.2) is 4.39 Å². The molecule has 1 amide bonds. The van der Waals surface area contributed by atoms with E-state index >= 15 is 0 Å². The van der Waals surface area contributed by atoms with Crippen molar-refractivity contribution in [1.29, 1.82) is 5.26 Å². The van der Waals surface area contributed by atoms with Crippen molar-refractivity contribution in [2.45, 2.75) is 6.42 Å². The molecule has 0 heterocycles. The summed E-state index contributed by atoms with van der Waals surface area (Å²) in [6, 6.07) is 12.6. The molecule has 0 fully saturated rings. The van der Waals surface area contributed by atoms with E-state index < -0.39 is 5.82 Å². The maximum atomic E-state index is 13.0. The Bertz CT molecular complexity index is 708. The first-order valence-electron chi connectivity index (χ1n) is 6.56. The molecule has 0 saturated carbocycles. The lowest BCUT2D eigenvalue weighted by Crippen LogP contribution is -2.15. The highest BCUT2D eigenvalue weighted by atomic mass is 19.1. The number of nitrogens with two attached hydrogens (primary N) is 1. The molecule has 0 aromatic heterocycles. The third kappa shape index (κ3) is 4.21. The first kappa shape index (κ1) is 15.3. The minimum Gasteiger partial charge on any atom is -0.493 e. The average molecular weight is 299 g/mol. The molecule has 0 atom stereocenters. The Morgan fingerprint density at radius 3 is 2.64 bits per heavy atom. The summed E-state index contributed by atoms with van der Waals surface area (Å²) < 4.78 is 18.4. The fourth-order valence-corrected chi connectivity index (χ4v) is 1.73. The molecule has 0 spiro atoms. The second kappa shape index (κ2) is 7.09. The Morgan fingerprint density at radius 1 is 1.27 bits per heavy atom. The van der Waals surface area contributed by atoms with Gasteiger partial charge in [0.2, 0.25) is 5.91 Å². The quantitative estimate of drug-likeness (QED) is 0.831. The number of benzene rings is 2. The van der Waals surface area contributed by atoms with Crippen LogP contribution in [0.3, 0.4) is 0 Å². The summed E-state index contributed by atoms with van der Waals surface area (Å²) in [5, 5.41) is 11.3. The predicted molar refractivity (Wildman–Crippen MR) is 80.7 cm³/mol. The standard InChI is InChI=1S/C16H14FN3O2/c17-14-6-3-12(9-15(14)19)20-16(21)7-8-22-13-4-1-11(10-18)2-5-13/h1-6,9H,7-8,19H2,(H,20,21). The van der Waals surface area contributed by atoms with E-state index in [9.17, 15) is 9.18 Å². The molecule has 0 aliphatic heterocycles. The number of hydrogen-bond donors (Lipinski definition) is 2. The third-order valence-electron chi connectivity index (χ3n) is 2.86. The minimum atomic E-state index is -0.526. The van der Waals surface area contributed by atoms with Crippen molar-refractivity contribution in [1.82, 2.24) is 0 Å². The van der Waals surface area contributed by atoms with Crippen LogP contribution in [0.15, 0.2) is 42.5 Å². The monoisotopic (exact) mass is 299 g/mol. The van der Waals surface area contributed by atoms with Gasteiger partial charge in [0.05, 0.1) is 30.3 Å². The van der Waals surface area contributed by atoms with E-state index in [1.165, 1.54) is 18.2 Å². The molecule has 0 radical (unpaired) electrons. The van der Waals surface area contributed by atoms with Crippen LogP contribution in [0.1, 0.15) is 12.0 Å². The summed E-state index contributed by atoms with van der Waals surface area (Å²) in [4.78, 5) is 11.7. The van der Waals surface area contributed by atoms with Crippen molar-refractivity contribution in [3.8, 4) is 11.8 Å². The van der Waals surface area contributed by atoms with Crippen molar-refractivity contribution < 1.29 is 13.9 Å². The van der Waals surface area contributed by atoms with Crippen molar-refractivity contribution in [3.63, 3.8) is 0 Å². The van der Waals surface area contributed by atoms with E-state index in [1.54, 1.807) is 24.3 Å². The highest BCUT2D eigenvalue weighted by Gasteiger charge is 2.05. The number of ether oxygens (including phenoxy) is 1. The lowest BCUT2D eigenvalue weighted by atomic mass is 10.2. The number of nitrogens with zero attached hydrogens (tertiary/aromatic N) is 1. The largest absolute Gasteiger partial charge is 0.493 e. The van der Waals surface area contributed by atoms with Gasteiger partial charge in [-0.05, 0) is 42.5 Å². The molecule has 22 heavy (non-hydrogen) atoms. The molecule has 0 bridgehead atoms. The summed E-state index contributed by atoms with van der Waals surface area (Å²) in [5.41, 5.74) is 6.37. The SMILES string of the molecule is N#Cc1ccc(OCCC(=O)Nc2ccc(F)c(N)c2)cc1. The summed E-state index contributed by atoms with van der Waals surface area (Å²) in [6.45, 7) is 0.189. The number of carbonyl (C=O) groups is 1. The molecule has 0 aliphatic carbocycles. The van der Waals surface area contributed by atoms with Gasteiger partial charge < -0.3 is 15.8 Å². The Balaban J connectivity index is 1.80. The number of nitriles is 1. The molecular weight excluding hydrogens is 285 g/mol. The molecule has 2 aromatic rings. The number of carbonyl (C=O) groups excluding carboxylic acids is 1. The van der Waals surface area contributed by atoms with Gasteiger partial charge in [-0.1, -0.05) is 0 Å². The number of nitrogens with one attached hydrogen (secondary N) is 1. The fourth-order valence-electron chi connectivity index (χ4n) is 1.73. The zero-order chi connectivity index (χ0) is 15.9. The number of halogens is 1. The third-order valence-corrected chi connectivity index (χ3v) is 2.86. The van der Waals surface area contributed by atoms with Gasteiger partial charge in [-0.15, -0.1) is 0 Å². The molecule has 0 aliphatic rings. The maximum Gasteiger partial charge on any atom is 0.227 e. The van der Waals surface area contributed by atoms with Crippen LogP contribution in [-0.4, -0.2) is 12.5 Å². The smallest absolute Gasteiger partial charge is 0.227 e. The number of anilines is 2. The molecule has 0 saturated heterocycles. The Labute approximate surface area is 127 Å². The highest BCUT2D eigenvalue weighted by molar-refractivity contribution is 5.91. The van der Waals surface area contributed by atoms with E-state index in [0.717, 1.165) is 0 Å². The van der Waals surface area contributed by atoms with Crippen LogP contribution in [0, 0.1) is 17.1 Å². The normalized spacial score (nSPS) is 9.82.